The van der Waals surface area contributed by atoms with Crippen LogP contribution < -0.4 is 24.0 Å². The van der Waals surface area contributed by atoms with Gasteiger partial charge in [0.05, 0.1) is 0 Å². The fraction of sp³-hybridized carbons (Fsp3) is 0.615. The van der Waals surface area contributed by atoms with Gasteiger partial charge in [-0.2, -0.15) is 0 Å². The van der Waals surface area contributed by atoms with Crippen LogP contribution in [0, 0.1) is 10.8 Å². The Labute approximate surface area is 117 Å². The molecule has 0 fully saturated rings. The second-order valence-electron chi connectivity index (χ2n) is 5.93. The second kappa shape index (κ2) is 5.22. The van der Waals surface area contributed by atoms with Crippen LogP contribution in [-0.2, 0) is 0 Å². The maximum absolute atomic E-state index is 11.6. The van der Waals surface area contributed by atoms with E-state index in [2.05, 4.69) is 47.3 Å². The standard InChI is InChI=1S/C13H20OSe.Li/c1-12(2,3)10-7-9(14)8-11(15-10)13(4,5)6;/h7,14H,1-6H3;/q;+1/p-1. The molecule has 0 bridgehead atoms. The van der Waals surface area contributed by atoms with E-state index in [0.29, 0.717) is 0 Å². The summed E-state index contributed by atoms with van der Waals surface area (Å²) in [4.78, 5) is 0. The Balaban J connectivity index is 0.00000225. The number of allylic oxidation sites excluding steroid dienone is 2. The van der Waals surface area contributed by atoms with Crippen molar-refractivity contribution in [2.75, 3.05) is 0 Å². The summed E-state index contributed by atoms with van der Waals surface area (Å²) in [6.45, 7) is 12.9. The zero-order valence-corrected chi connectivity index (χ0v) is 13.1. The minimum absolute atomic E-state index is 0. The second-order valence-corrected chi connectivity index (χ2v) is 8.14. The van der Waals surface area contributed by atoms with Gasteiger partial charge in [-0.1, -0.05) is 0 Å². The van der Waals surface area contributed by atoms with Crippen molar-refractivity contribution in [3.05, 3.63) is 26.5 Å². The SMILES string of the molecule is CC(C)(C)C1=C=C([O-])C=C(C(C)(C)C)[Se]1.[Li+]. The van der Waals surface area contributed by atoms with Crippen molar-refractivity contribution in [1.82, 2.24) is 0 Å². The van der Waals surface area contributed by atoms with Gasteiger partial charge in [0.2, 0.25) is 0 Å². The van der Waals surface area contributed by atoms with Gasteiger partial charge in [0.15, 0.2) is 0 Å². The number of hydrogen-bond acceptors (Lipinski definition) is 1. The zero-order chi connectivity index (χ0) is 11.9. The molecule has 0 saturated carbocycles. The minimum atomic E-state index is 0. The zero-order valence-electron chi connectivity index (χ0n) is 11.4. The molecule has 0 aromatic rings. The maximum Gasteiger partial charge on any atom is 1.00 e. The van der Waals surface area contributed by atoms with Gasteiger partial charge >= 0.3 is 118 Å². The van der Waals surface area contributed by atoms with Crippen molar-refractivity contribution >= 4 is 15.0 Å². The third-order valence-electron chi connectivity index (χ3n) is 2.13. The van der Waals surface area contributed by atoms with E-state index in [9.17, 15) is 5.11 Å². The van der Waals surface area contributed by atoms with Crippen LogP contribution in [-0.4, -0.2) is 15.0 Å². The summed E-state index contributed by atoms with van der Waals surface area (Å²) < 4.78 is 2.47. The Kier molecular flexibility index (Phi) is 5.28. The number of hydrogen-bond donors (Lipinski definition) is 0. The fourth-order valence-corrected chi connectivity index (χ4v) is 3.55. The summed E-state index contributed by atoms with van der Waals surface area (Å²) in [6.07, 6.45) is 1.77. The van der Waals surface area contributed by atoms with E-state index in [1.165, 1.54) is 8.94 Å². The third kappa shape index (κ3) is 4.21. The normalized spacial score (nSPS) is 17.0. The van der Waals surface area contributed by atoms with E-state index in [1.54, 1.807) is 6.08 Å². The average Bonchev–Trinajstić information content (AvgIpc) is 1.99. The summed E-state index contributed by atoms with van der Waals surface area (Å²) in [6, 6.07) is 0. The Morgan fingerprint density at radius 3 is 1.94 bits per heavy atom. The van der Waals surface area contributed by atoms with Crippen LogP contribution >= 0.6 is 0 Å². The van der Waals surface area contributed by atoms with Gasteiger partial charge in [-0.3, -0.25) is 0 Å². The van der Waals surface area contributed by atoms with E-state index >= 15 is 0 Å². The Morgan fingerprint density at radius 1 is 1.06 bits per heavy atom. The van der Waals surface area contributed by atoms with Crippen LogP contribution in [0.4, 0.5) is 0 Å². The van der Waals surface area contributed by atoms with Crippen LogP contribution in [0.25, 0.3) is 0 Å². The van der Waals surface area contributed by atoms with Crippen molar-refractivity contribution in [1.29, 1.82) is 0 Å². The van der Waals surface area contributed by atoms with Gasteiger partial charge in [-0.25, -0.2) is 0 Å². The van der Waals surface area contributed by atoms with Crippen molar-refractivity contribution in [2.45, 2.75) is 41.5 Å². The van der Waals surface area contributed by atoms with Gasteiger partial charge < -0.3 is 0 Å². The average molecular weight is 277 g/mol. The van der Waals surface area contributed by atoms with Gasteiger partial charge in [-0.05, 0) is 0 Å². The molecule has 0 aromatic heterocycles. The Hall–Kier alpha value is 0.177. The summed E-state index contributed by atoms with van der Waals surface area (Å²) >= 11 is 0.282. The predicted molar refractivity (Wildman–Crippen MR) is 63.3 cm³/mol. The molecule has 0 spiro atoms. The first-order chi connectivity index (χ1) is 6.60. The molecule has 1 aliphatic heterocycles. The minimum Gasteiger partial charge on any atom is 1.00 e. The van der Waals surface area contributed by atoms with Gasteiger partial charge in [0.25, 0.3) is 0 Å². The van der Waals surface area contributed by atoms with Crippen LogP contribution in [0.3, 0.4) is 0 Å². The smallest absolute Gasteiger partial charge is 1.00 e. The molecule has 0 unspecified atom stereocenters. The molecule has 3 heteroatoms. The summed E-state index contributed by atoms with van der Waals surface area (Å²) in [5.74, 6) is 0.0398. The maximum atomic E-state index is 11.6. The van der Waals surface area contributed by atoms with E-state index in [-0.39, 0.29) is 50.4 Å². The molecule has 16 heavy (non-hydrogen) atoms. The summed E-state index contributed by atoms with van der Waals surface area (Å²) in [5.41, 5.74) is 3.16. The molecule has 1 heterocycles. The third-order valence-corrected chi connectivity index (χ3v) is 6.05. The molecule has 1 rings (SSSR count). The molecule has 1 aliphatic rings. The van der Waals surface area contributed by atoms with Crippen LogP contribution in [0.1, 0.15) is 41.5 Å². The molecular weight excluding hydrogens is 258 g/mol. The molecule has 0 amide bonds. The van der Waals surface area contributed by atoms with E-state index in [4.69, 9.17) is 0 Å². The molecule has 0 radical (unpaired) electrons. The quantitative estimate of drug-likeness (QED) is 0.429. The number of rotatable bonds is 0. The molecular formula is C13H19LiOSe. The van der Waals surface area contributed by atoms with Crippen LogP contribution in [0.2, 0.25) is 0 Å². The van der Waals surface area contributed by atoms with Gasteiger partial charge in [-0.15, -0.1) is 0 Å². The summed E-state index contributed by atoms with van der Waals surface area (Å²) in [7, 11) is 0. The molecule has 1 nitrogen and oxygen atoms in total. The fourth-order valence-electron chi connectivity index (χ4n) is 1.14. The Morgan fingerprint density at radius 2 is 1.56 bits per heavy atom. The van der Waals surface area contributed by atoms with E-state index < -0.39 is 0 Å². The van der Waals surface area contributed by atoms with Gasteiger partial charge in [0.1, 0.15) is 0 Å². The molecule has 0 aromatic carbocycles. The molecule has 0 aliphatic carbocycles. The van der Waals surface area contributed by atoms with Gasteiger partial charge in [0, 0.05) is 0 Å². The van der Waals surface area contributed by atoms with E-state index in [1.807, 2.05) is 0 Å². The first-order valence-corrected chi connectivity index (χ1v) is 6.90. The predicted octanol–water partition coefficient (Wildman–Crippen LogP) is -0.589. The monoisotopic (exact) mass is 278 g/mol. The van der Waals surface area contributed by atoms with Crippen molar-refractivity contribution < 1.29 is 24.0 Å². The van der Waals surface area contributed by atoms with Crippen molar-refractivity contribution in [3.8, 4) is 0 Å². The first kappa shape index (κ1) is 16.2. The topological polar surface area (TPSA) is 23.1 Å². The van der Waals surface area contributed by atoms with E-state index in [0.717, 1.165) is 0 Å². The van der Waals surface area contributed by atoms with Crippen molar-refractivity contribution in [3.63, 3.8) is 0 Å². The van der Waals surface area contributed by atoms with Crippen LogP contribution in [0.5, 0.6) is 0 Å². The van der Waals surface area contributed by atoms with Crippen LogP contribution in [0.15, 0.2) is 26.5 Å². The molecule has 84 valence electrons. The molecule has 0 saturated heterocycles. The Bertz CT molecular complexity index is 360. The molecule has 0 N–H and O–H groups in total. The molecule has 0 atom stereocenters. The summed E-state index contributed by atoms with van der Waals surface area (Å²) in [5, 5.41) is 11.6. The largest absolute Gasteiger partial charge is 1.00 e. The first-order valence-electron chi connectivity index (χ1n) is 5.19. The van der Waals surface area contributed by atoms with Crippen molar-refractivity contribution in [2.24, 2.45) is 10.8 Å².